The molecule has 2 aliphatic rings. The number of allylic oxidation sites excluding steroid dienone is 1. The van der Waals surface area contributed by atoms with Crippen LogP contribution in [0, 0.1) is 5.82 Å². The number of nitrogens with zero attached hydrogens (tertiary/aromatic N) is 4. The molecule has 7 nitrogen and oxygen atoms in total. The van der Waals surface area contributed by atoms with Crippen molar-refractivity contribution >= 4 is 25.8 Å². The van der Waals surface area contributed by atoms with E-state index in [-0.39, 0.29) is 22.2 Å². The fraction of sp³-hybridized carbons (Fsp3) is 0.448. The first kappa shape index (κ1) is 30.6. The van der Waals surface area contributed by atoms with Crippen LogP contribution in [0.3, 0.4) is 0 Å². The number of halogens is 4. The highest BCUT2D eigenvalue weighted by molar-refractivity contribution is 6.74. The van der Waals surface area contributed by atoms with E-state index >= 15 is 0 Å². The Morgan fingerprint density at radius 3 is 2.59 bits per heavy atom. The molecular formula is C29H35F4N5O2Si. The number of carbonyl (C=O) groups excluding carboxylic acids is 1. The molecule has 0 saturated carbocycles. The average molecular weight is 590 g/mol. The van der Waals surface area contributed by atoms with Gasteiger partial charge >= 0.3 is 6.18 Å². The van der Waals surface area contributed by atoms with E-state index in [0.717, 1.165) is 17.3 Å². The molecule has 12 heteroatoms. The van der Waals surface area contributed by atoms with E-state index in [1.165, 1.54) is 13.0 Å². The summed E-state index contributed by atoms with van der Waals surface area (Å²) >= 11 is 0. The molecule has 1 aromatic heterocycles. The second-order valence-electron chi connectivity index (χ2n) is 11.9. The summed E-state index contributed by atoms with van der Waals surface area (Å²) in [7, 11) is -2.01. The number of pyridine rings is 1. The minimum atomic E-state index is -4.85. The van der Waals surface area contributed by atoms with E-state index in [0.29, 0.717) is 30.8 Å². The van der Waals surface area contributed by atoms with Gasteiger partial charge in [-0.3, -0.25) is 14.8 Å². The van der Waals surface area contributed by atoms with Crippen LogP contribution in [-0.4, -0.2) is 48.4 Å². The normalized spacial score (nSPS) is 18.4. The molecule has 2 aliphatic heterocycles. The molecule has 2 atom stereocenters. The van der Waals surface area contributed by atoms with Crippen LogP contribution in [0.15, 0.2) is 58.3 Å². The van der Waals surface area contributed by atoms with E-state index in [1.807, 2.05) is 13.0 Å². The van der Waals surface area contributed by atoms with Crippen LogP contribution in [0.2, 0.25) is 18.1 Å². The van der Waals surface area contributed by atoms with Crippen LogP contribution in [0.5, 0.6) is 0 Å². The molecule has 4 rings (SSSR count). The van der Waals surface area contributed by atoms with Crippen molar-refractivity contribution in [3.05, 3.63) is 76.4 Å². The fourth-order valence-corrected chi connectivity index (χ4v) is 5.20. The number of hydrazone groups is 1. The van der Waals surface area contributed by atoms with Gasteiger partial charge in [-0.1, -0.05) is 32.9 Å². The van der Waals surface area contributed by atoms with Crippen LogP contribution < -0.4 is 5.32 Å². The van der Waals surface area contributed by atoms with Crippen molar-refractivity contribution in [3.8, 4) is 0 Å². The maximum Gasteiger partial charge on any atom is 0.419 e. The zero-order valence-corrected chi connectivity index (χ0v) is 25.2. The number of aliphatic imine (C=N–C) groups is 1. The van der Waals surface area contributed by atoms with Crippen molar-refractivity contribution in [1.29, 1.82) is 0 Å². The Kier molecular flexibility index (Phi) is 8.30. The number of hydrogen-bond acceptors (Lipinski definition) is 6. The third kappa shape index (κ3) is 6.59. The van der Waals surface area contributed by atoms with Crippen molar-refractivity contribution in [3.63, 3.8) is 0 Å². The smallest absolute Gasteiger partial charge is 0.411 e. The van der Waals surface area contributed by atoms with Crippen molar-refractivity contribution in [2.24, 2.45) is 10.1 Å². The van der Waals surface area contributed by atoms with Crippen molar-refractivity contribution in [2.75, 3.05) is 6.54 Å². The van der Waals surface area contributed by atoms with Gasteiger partial charge in [0.1, 0.15) is 5.82 Å². The molecular weight excluding hydrogens is 554 g/mol. The largest absolute Gasteiger partial charge is 0.419 e. The predicted molar refractivity (Wildman–Crippen MR) is 152 cm³/mol. The molecule has 0 bridgehead atoms. The molecule has 0 spiro atoms. The molecule has 0 unspecified atom stereocenters. The molecule has 1 aromatic carbocycles. The maximum absolute atomic E-state index is 14.7. The number of hydrogen-bond donors (Lipinski definition) is 1. The summed E-state index contributed by atoms with van der Waals surface area (Å²) in [6, 6.07) is 5.49. The molecule has 3 heterocycles. The third-order valence-electron chi connectivity index (χ3n) is 7.67. The van der Waals surface area contributed by atoms with Gasteiger partial charge in [0.25, 0.3) is 5.91 Å². The molecule has 0 saturated heterocycles. The minimum absolute atomic E-state index is 0.0410. The lowest BCUT2D eigenvalue weighted by atomic mass is 10.0. The SMILES string of the molecule is C[C@@H]1CN2N=C(c3ccnc(CO[Si](C)(C)C(C)(C)C)c3)C=C(C(=O)N[C@H](C)c3cccc(C(F)(F)F)c3F)C2=N1. The van der Waals surface area contributed by atoms with Gasteiger partial charge in [-0.2, -0.15) is 18.3 Å². The second kappa shape index (κ2) is 11.1. The van der Waals surface area contributed by atoms with Crippen LogP contribution in [-0.2, 0) is 22.0 Å². The minimum Gasteiger partial charge on any atom is -0.411 e. The Bertz CT molecular complexity index is 1430. The van der Waals surface area contributed by atoms with Crippen molar-refractivity contribution < 1.29 is 26.8 Å². The molecule has 41 heavy (non-hydrogen) atoms. The van der Waals surface area contributed by atoms with Gasteiger partial charge in [-0.25, -0.2) is 9.40 Å². The molecule has 220 valence electrons. The molecule has 0 radical (unpaired) electrons. The molecule has 1 amide bonds. The van der Waals surface area contributed by atoms with Gasteiger partial charge in [-0.15, -0.1) is 0 Å². The average Bonchev–Trinajstić information content (AvgIpc) is 3.25. The number of aromatic nitrogens is 1. The third-order valence-corrected chi connectivity index (χ3v) is 12.1. The van der Waals surface area contributed by atoms with E-state index in [1.54, 1.807) is 23.3 Å². The summed E-state index contributed by atoms with van der Waals surface area (Å²) in [5.74, 6) is -1.66. The Balaban J connectivity index is 1.60. The van der Waals surface area contributed by atoms with E-state index < -0.39 is 37.8 Å². The number of fused-ring (bicyclic) bond motifs is 1. The standard InChI is InChI=1S/C29H35F4N5O2Si/c1-17-15-38-26(35-17)22(27(39)36-18(2)21-9-8-10-23(25(21)30)29(31,32)33)14-24(37-38)19-11-12-34-20(13-19)16-40-41(6,7)28(3,4)5/h8-14,17-18H,15-16H2,1-7H3,(H,36,39)/t17-,18-/m1/s1. The Morgan fingerprint density at radius 1 is 1.22 bits per heavy atom. The van der Waals surface area contributed by atoms with Crippen molar-refractivity contribution in [2.45, 2.75) is 77.6 Å². The first-order valence-corrected chi connectivity index (χ1v) is 16.3. The second-order valence-corrected chi connectivity index (χ2v) is 16.7. The van der Waals surface area contributed by atoms with E-state index in [2.05, 4.69) is 49.2 Å². The zero-order valence-electron chi connectivity index (χ0n) is 24.2. The Hall–Kier alpha value is -3.38. The lowest BCUT2D eigenvalue weighted by Gasteiger charge is -2.36. The monoisotopic (exact) mass is 589 g/mol. The van der Waals surface area contributed by atoms with E-state index in [9.17, 15) is 22.4 Å². The highest BCUT2D eigenvalue weighted by Gasteiger charge is 2.38. The van der Waals surface area contributed by atoms with Crippen LogP contribution in [0.25, 0.3) is 0 Å². The topological polar surface area (TPSA) is 79.2 Å². The number of alkyl halides is 3. The first-order valence-electron chi connectivity index (χ1n) is 13.4. The molecule has 0 aliphatic carbocycles. The first-order chi connectivity index (χ1) is 19.0. The van der Waals surface area contributed by atoms with Crippen LogP contribution in [0.4, 0.5) is 17.6 Å². The number of amides is 1. The summed E-state index contributed by atoms with van der Waals surface area (Å²) < 4.78 is 60.8. The highest BCUT2D eigenvalue weighted by Crippen LogP contribution is 2.37. The summed E-state index contributed by atoms with van der Waals surface area (Å²) in [5.41, 5.74) is 0.477. The van der Waals surface area contributed by atoms with E-state index in [4.69, 9.17) is 9.53 Å². The summed E-state index contributed by atoms with van der Waals surface area (Å²) in [4.78, 5) is 22.4. The number of rotatable bonds is 7. The fourth-order valence-electron chi connectivity index (χ4n) is 4.26. The predicted octanol–water partition coefficient (Wildman–Crippen LogP) is 6.39. The molecule has 0 fully saturated rings. The van der Waals surface area contributed by atoms with Crippen molar-refractivity contribution in [1.82, 2.24) is 15.3 Å². The van der Waals surface area contributed by atoms with Gasteiger partial charge in [0.15, 0.2) is 14.2 Å². The summed E-state index contributed by atoms with van der Waals surface area (Å²) in [6.45, 7) is 14.9. The number of nitrogens with one attached hydrogen (secondary N) is 1. The Labute approximate surface area is 238 Å². The summed E-state index contributed by atoms with van der Waals surface area (Å²) in [6.07, 6.45) is -1.61. The quantitative estimate of drug-likeness (QED) is 0.300. The lowest BCUT2D eigenvalue weighted by molar-refractivity contribution is -0.140. The Morgan fingerprint density at radius 2 is 1.93 bits per heavy atom. The zero-order chi connectivity index (χ0) is 30.3. The summed E-state index contributed by atoms with van der Waals surface area (Å²) in [5, 5.41) is 9.01. The lowest BCUT2D eigenvalue weighted by Crippen LogP contribution is -2.40. The van der Waals surface area contributed by atoms with Gasteiger partial charge in [0.2, 0.25) is 0 Å². The molecule has 2 aromatic rings. The number of amidine groups is 1. The highest BCUT2D eigenvalue weighted by atomic mass is 28.4. The van der Waals surface area contributed by atoms with Gasteiger partial charge in [0.05, 0.1) is 47.8 Å². The van der Waals surface area contributed by atoms with Crippen LogP contribution in [0.1, 0.15) is 63.0 Å². The van der Waals surface area contributed by atoms with Gasteiger partial charge in [0, 0.05) is 17.3 Å². The van der Waals surface area contributed by atoms with Crippen LogP contribution >= 0.6 is 0 Å². The van der Waals surface area contributed by atoms with Gasteiger partial charge < -0.3 is 9.74 Å². The number of carbonyl (C=O) groups is 1. The molecule has 1 N–H and O–H groups in total. The maximum atomic E-state index is 14.7. The van der Waals surface area contributed by atoms with Gasteiger partial charge in [-0.05, 0) is 56.3 Å². The number of benzene rings is 1.